The summed E-state index contributed by atoms with van der Waals surface area (Å²) in [7, 11) is 1.54. The minimum absolute atomic E-state index is 0.0544. The Hall–Kier alpha value is -1.21. The highest BCUT2D eigenvalue weighted by atomic mass is 35.7. The van der Waals surface area contributed by atoms with Gasteiger partial charge >= 0.3 is 0 Å². The number of amides is 1. The summed E-state index contributed by atoms with van der Waals surface area (Å²) in [6.45, 7) is 1.78. The van der Waals surface area contributed by atoms with Crippen LogP contribution in [0.1, 0.15) is 12.1 Å². The molecule has 1 aliphatic rings. The third kappa shape index (κ3) is 2.39. The van der Waals surface area contributed by atoms with Crippen molar-refractivity contribution in [1.82, 2.24) is 9.97 Å². The van der Waals surface area contributed by atoms with Crippen molar-refractivity contribution in [3.05, 3.63) is 18.2 Å². The lowest BCUT2D eigenvalue weighted by atomic mass is 10.3. The van der Waals surface area contributed by atoms with Gasteiger partial charge in [-0.15, -0.1) is 0 Å². The first-order chi connectivity index (χ1) is 7.89. The summed E-state index contributed by atoms with van der Waals surface area (Å²) in [6.07, 6.45) is 2.76. The molecule has 2 rings (SSSR count). The highest BCUT2D eigenvalue weighted by Gasteiger charge is 2.38. The van der Waals surface area contributed by atoms with Gasteiger partial charge in [-0.2, -0.15) is 0 Å². The number of rotatable bonds is 2. The van der Waals surface area contributed by atoms with Crippen molar-refractivity contribution in [3.8, 4) is 0 Å². The highest BCUT2D eigenvalue weighted by molar-refractivity contribution is 8.14. The number of carbonyl (C=O) groups is 1. The van der Waals surface area contributed by atoms with E-state index in [-0.39, 0.29) is 18.9 Å². The van der Waals surface area contributed by atoms with Gasteiger partial charge in [0, 0.05) is 23.6 Å². The van der Waals surface area contributed by atoms with Crippen LogP contribution < -0.4 is 4.90 Å². The number of aryl methyl sites for hydroxylation is 1. The van der Waals surface area contributed by atoms with Crippen molar-refractivity contribution in [2.24, 2.45) is 0 Å². The molecule has 0 spiro atoms. The molecule has 0 aromatic carbocycles. The van der Waals surface area contributed by atoms with Crippen LogP contribution in [0.5, 0.6) is 0 Å². The van der Waals surface area contributed by atoms with E-state index < -0.39 is 14.3 Å². The van der Waals surface area contributed by atoms with Crippen LogP contribution in [0.4, 0.5) is 5.69 Å². The number of hydrogen-bond acceptors (Lipinski definition) is 5. The minimum atomic E-state index is -3.72. The van der Waals surface area contributed by atoms with Gasteiger partial charge < -0.3 is 4.90 Å². The molecule has 2 heterocycles. The number of carbonyl (C=O) groups excluding carboxylic acids is 1. The number of halogens is 1. The van der Waals surface area contributed by atoms with Crippen LogP contribution in [0, 0.1) is 6.92 Å². The Kier molecular flexibility index (Phi) is 3.05. The van der Waals surface area contributed by atoms with E-state index in [1.807, 2.05) is 0 Å². The first kappa shape index (κ1) is 12.3. The Morgan fingerprint density at radius 3 is 2.76 bits per heavy atom. The molecule has 0 saturated carbocycles. The van der Waals surface area contributed by atoms with E-state index >= 15 is 0 Å². The van der Waals surface area contributed by atoms with E-state index in [4.69, 9.17) is 10.7 Å². The molecule has 1 aliphatic heterocycles. The zero-order chi connectivity index (χ0) is 12.6. The normalized spacial score (nSPS) is 20.9. The quantitative estimate of drug-likeness (QED) is 0.733. The minimum Gasteiger partial charge on any atom is -0.308 e. The largest absolute Gasteiger partial charge is 0.308 e. The monoisotopic (exact) mass is 275 g/mol. The standard InChI is InChI=1S/C9H10ClN3O3S/c1-6-8(3-11-5-12-6)13-4-7(2-9(13)14)17(10,15)16/h3,5,7H,2,4H2,1H3. The van der Waals surface area contributed by atoms with Gasteiger partial charge in [0.25, 0.3) is 0 Å². The van der Waals surface area contributed by atoms with Crippen molar-refractivity contribution in [3.63, 3.8) is 0 Å². The van der Waals surface area contributed by atoms with Crippen LogP contribution in [0.25, 0.3) is 0 Å². The molecule has 1 fully saturated rings. The zero-order valence-electron chi connectivity index (χ0n) is 9.00. The molecule has 1 aromatic rings. The average molecular weight is 276 g/mol. The Balaban J connectivity index is 2.31. The molecule has 17 heavy (non-hydrogen) atoms. The van der Waals surface area contributed by atoms with Gasteiger partial charge in [-0.25, -0.2) is 18.4 Å². The Morgan fingerprint density at radius 1 is 1.53 bits per heavy atom. The maximum atomic E-state index is 11.7. The number of nitrogens with zero attached hydrogens (tertiary/aromatic N) is 3. The molecule has 1 aromatic heterocycles. The summed E-state index contributed by atoms with van der Waals surface area (Å²) in [5.41, 5.74) is 1.15. The second-order valence-corrected chi connectivity index (χ2v) is 6.71. The van der Waals surface area contributed by atoms with Gasteiger partial charge in [-0.1, -0.05) is 0 Å². The lowest BCUT2D eigenvalue weighted by Gasteiger charge is -2.16. The molecule has 6 nitrogen and oxygen atoms in total. The van der Waals surface area contributed by atoms with Crippen molar-refractivity contribution in [1.29, 1.82) is 0 Å². The summed E-state index contributed by atoms with van der Waals surface area (Å²) in [6, 6.07) is 0. The molecule has 0 N–H and O–H groups in total. The van der Waals surface area contributed by atoms with Gasteiger partial charge in [0.1, 0.15) is 11.6 Å². The van der Waals surface area contributed by atoms with Crippen LogP contribution in [0.15, 0.2) is 12.5 Å². The predicted molar refractivity (Wildman–Crippen MR) is 62.3 cm³/mol. The lowest BCUT2D eigenvalue weighted by Crippen LogP contribution is -2.27. The molecular formula is C9H10ClN3O3S. The van der Waals surface area contributed by atoms with E-state index in [0.29, 0.717) is 11.4 Å². The summed E-state index contributed by atoms with van der Waals surface area (Å²) in [5, 5.41) is -0.865. The van der Waals surface area contributed by atoms with E-state index in [1.54, 1.807) is 6.92 Å². The fourth-order valence-corrected chi connectivity index (χ4v) is 2.77. The third-order valence-electron chi connectivity index (χ3n) is 2.66. The van der Waals surface area contributed by atoms with Crippen molar-refractivity contribution >= 4 is 31.3 Å². The van der Waals surface area contributed by atoms with E-state index in [9.17, 15) is 13.2 Å². The smallest absolute Gasteiger partial charge is 0.237 e. The van der Waals surface area contributed by atoms with Crippen LogP contribution in [-0.2, 0) is 13.8 Å². The molecule has 92 valence electrons. The summed E-state index contributed by atoms with van der Waals surface area (Å²) < 4.78 is 22.4. The van der Waals surface area contributed by atoms with Gasteiger partial charge in [-0.05, 0) is 6.92 Å². The van der Waals surface area contributed by atoms with Crippen molar-refractivity contribution < 1.29 is 13.2 Å². The van der Waals surface area contributed by atoms with Gasteiger partial charge in [-0.3, -0.25) is 4.79 Å². The van der Waals surface area contributed by atoms with E-state index in [2.05, 4.69) is 9.97 Å². The lowest BCUT2D eigenvalue weighted by molar-refractivity contribution is -0.117. The third-order valence-corrected chi connectivity index (χ3v) is 4.53. The molecule has 0 bridgehead atoms. The van der Waals surface area contributed by atoms with Crippen molar-refractivity contribution in [2.75, 3.05) is 11.4 Å². The maximum Gasteiger partial charge on any atom is 0.237 e. The molecule has 0 radical (unpaired) electrons. The summed E-state index contributed by atoms with van der Waals surface area (Å²) in [5.74, 6) is -0.280. The Morgan fingerprint density at radius 2 is 2.24 bits per heavy atom. The molecule has 1 unspecified atom stereocenters. The second-order valence-electron chi connectivity index (χ2n) is 3.80. The van der Waals surface area contributed by atoms with Crippen LogP contribution in [0.3, 0.4) is 0 Å². The first-order valence-corrected chi connectivity index (χ1v) is 7.27. The Bertz CT molecular complexity index is 560. The Labute approximate surface area is 103 Å². The van der Waals surface area contributed by atoms with Crippen LogP contribution in [-0.4, -0.2) is 36.1 Å². The van der Waals surface area contributed by atoms with Gasteiger partial charge in [0.05, 0.1) is 17.6 Å². The molecular weight excluding hydrogens is 266 g/mol. The van der Waals surface area contributed by atoms with Crippen LogP contribution >= 0.6 is 10.7 Å². The van der Waals surface area contributed by atoms with Gasteiger partial charge in [0.15, 0.2) is 0 Å². The number of anilines is 1. The number of hydrogen-bond donors (Lipinski definition) is 0. The average Bonchev–Trinajstić information content (AvgIpc) is 2.61. The fourth-order valence-electron chi connectivity index (χ4n) is 1.74. The molecule has 8 heteroatoms. The summed E-state index contributed by atoms with van der Waals surface area (Å²) in [4.78, 5) is 20.9. The predicted octanol–water partition coefficient (Wildman–Crippen LogP) is 0.459. The molecule has 1 atom stereocenters. The SMILES string of the molecule is Cc1ncncc1N1CC(S(=O)(=O)Cl)CC1=O. The molecule has 0 aliphatic carbocycles. The molecule has 1 amide bonds. The topological polar surface area (TPSA) is 80.2 Å². The summed E-state index contributed by atoms with van der Waals surface area (Å²) >= 11 is 0. The van der Waals surface area contributed by atoms with E-state index in [1.165, 1.54) is 17.4 Å². The maximum absolute atomic E-state index is 11.7. The zero-order valence-corrected chi connectivity index (χ0v) is 10.6. The number of aromatic nitrogens is 2. The first-order valence-electron chi connectivity index (χ1n) is 4.90. The fraction of sp³-hybridized carbons (Fsp3) is 0.444. The second kappa shape index (κ2) is 4.23. The molecule has 1 saturated heterocycles. The van der Waals surface area contributed by atoms with Gasteiger partial charge in [0.2, 0.25) is 15.0 Å². The highest BCUT2D eigenvalue weighted by Crippen LogP contribution is 2.27. The van der Waals surface area contributed by atoms with Crippen LogP contribution in [0.2, 0.25) is 0 Å². The van der Waals surface area contributed by atoms with E-state index in [0.717, 1.165) is 0 Å². The van der Waals surface area contributed by atoms with Crippen molar-refractivity contribution in [2.45, 2.75) is 18.6 Å².